The molecule has 1 amide bonds. The number of rotatable bonds is 6. The van der Waals surface area contributed by atoms with Crippen molar-refractivity contribution >= 4 is 17.7 Å². The Morgan fingerprint density at radius 3 is 2.75 bits per heavy atom. The second-order valence-corrected chi connectivity index (χ2v) is 7.61. The Morgan fingerprint density at radius 1 is 1.25 bits per heavy atom. The highest BCUT2D eigenvalue weighted by atomic mass is 16.5. The van der Waals surface area contributed by atoms with Crippen LogP contribution < -0.4 is 5.32 Å². The van der Waals surface area contributed by atoms with Crippen molar-refractivity contribution in [2.75, 3.05) is 11.9 Å². The standard InChI is InChI=1S/C21H22N4O3/c22-11-17-12-23-25(18-4-2-1-3-5-18)21(17)24-19(26)13-28-20(27)10-16-9-14-6-7-15(16)8-14/h1-5,12,14-16H,6-10,13H2,(H,24,26). The van der Waals surface area contributed by atoms with Crippen molar-refractivity contribution in [3.05, 3.63) is 42.1 Å². The van der Waals surface area contributed by atoms with Crippen LogP contribution in [0, 0.1) is 29.1 Å². The van der Waals surface area contributed by atoms with Gasteiger partial charge in [0.1, 0.15) is 11.6 Å². The lowest BCUT2D eigenvalue weighted by atomic mass is 9.86. The first kappa shape index (κ1) is 18.2. The molecule has 2 saturated carbocycles. The minimum atomic E-state index is -0.490. The minimum absolute atomic E-state index is 0.241. The van der Waals surface area contributed by atoms with E-state index in [9.17, 15) is 14.9 Å². The second kappa shape index (κ2) is 7.85. The minimum Gasteiger partial charge on any atom is -0.456 e. The van der Waals surface area contributed by atoms with E-state index in [0.29, 0.717) is 23.9 Å². The van der Waals surface area contributed by atoms with Gasteiger partial charge in [0.05, 0.1) is 11.9 Å². The molecule has 1 N–H and O–H groups in total. The van der Waals surface area contributed by atoms with Crippen LogP contribution in [-0.4, -0.2) is 28.3 Å². The number of amides is 1. The second-order valence-electron chi connectivity index (χ2n) is 7.61. The Labute approximate surface area is 163 Å². The quantitative estimate of drug-likeness (QED) is 0.779. The van der Waals surface area contributed by atoms with Gasteiger partial charge in [0.25, 0.3) is 5.91 Å². The molecule has 1 aromatic heterocycles. The smallest absolute Gasteiger partial charge is 0.306 e. The lowest BCUT2D eigenvalue weighted by molar-refractivity contribution is -0.148. The first-order valence-corrected chi connectivity index (χ1v) is 9.63. The Balaban J connectivity index is 1.34. The van der Waals surface area contributed by atoms with Crippen LogP contribution in [0.4, 0.5) is 5.82 Å². The lowest BCUT2D eigenvalue weighted by Crippen LogP contribution is -2.24. The van der Waals surface area contributed by atoms with E-state index >= 15 is 0 Å². The highest BCUT2D eigenvalue weighted by Gasteiger charge is 2.40. The van der Waals surface area contributed by atoms with Crippen LogP contribution >= 0.6 is 0 Å². The van der Waals surface area contributed by atoms with Gasteiger partial charge in [-0.05, 0) is 49.1 Å². The third kappa shape index (κ3) is 3.77. The van der Waals surface area contributed by atoms with Gasteiger partial charge in [0, 0.05) is 6.42 Å². The monoisotopic (exact) mass is 378 g/mol. The summed E-state index contributed by atoms with van der Waals surface area (Å²) < 4.78 is 6.66. The van der Waals surface area contributed by atoms with Crippen LogP contribution in [0.1, 0.15) is 37.7 Å². The summed E-state index contributed by atoms with van der Waals surface area (Å²) in [5, 5.41) is 16.1. The zero-order chi connectivity index (χ0) is 19.5. The Kier molecular flexibility index (Phi) is 5.11. The number of fused-ring (bicyclic) bond motifs is 2. The SMILES string of the molecule is N#Cc1cnn(-c2ccccc2)c1NC(=O)COC(=O)CC1CC2CCC1C2. The molecule has 2 aliphatic carbocycles. The number of carbonyl (C=O) groups is 2. The fourth-order valence-electron chi connectivity index (χ4n) is 4.53. The normalized spacial score (nSPS) is 22.6. The summed E-state index contributed by atoms with van der Waals surface area (Å²) in [6.45, 7) is -0.371. The number of esters is 1. The number of nitrogens with one attached hydrogen (secondary N) is 1. The fraction of sp³-hybridized carbons (Fsp3) is 0.429. The van der Waals surface area contributed by atoms with Gasteiger partial charge in [-0.3, -0.25) is 9.59 Å². The number of benzene rings is 1. The van der Waals surface area contributed by atoms with Gasteiger partial charge >= 0.3 is 5.97 Å². The van der Waals surface area contributed by atoms with Crippen LogP contribution in [0.15, 0.2) is 36.5 Å². The lowest BCUT2D eigenvalue weighted by Gasteiger charge is -2.20. The average Bonchev–Trinajstić information content (AvgIpc) is 3.42. The number of hydrogen-bond donors (Lipinski definition) is 1. The maximum absolute atomic E-state index is 12.3. The molecule has 7 nitrogen and oxygen atoms in total. The molecule has 4 rings (SSSR count). The number of aromatic nitrogens is 2. The number of para-hydroxylation sites is 1. The molecule has 0 saturated heterocycles. The molecule has 1 aromatic carbocycles. The van der Waals surface area contributed by atoms with Crippen LogP contribution in [0.5, 0.6) is 0 Å². The molecule has 3 unspecified atom stereocenters. The summed E-state index contributed by atoms with van der Waals surface area (Å²) in [4.78, 5) is 24.4. The molecule has 0 spiro atoms. The van der Waals surface area contributed by atoms with Crippen molar-refractivity contribution in [3.63, 3.8) is 0 Å². The number of nitriles is 1. The zero-order valence-corrected chi connectivity index (χ0v) is 15.5. The number of ether oxygens (including phenoxy) is 1. The van der Waals surface area contributed by atoms with Gasteiger partial charge in [-0.1, -0.05) is 24.6 Å². The third-order valence-electron chi connectivity index (χ3n) is 5.83. The summed E-state index contributed by atoms with van der Waals surface area (Å²) in [5.41, 5.74) is 0.957. The summed E-state index contributed by atoms with van der Waals surface area (Å²) in [5.74, 6) is 1.26. The van der Waals surface area contributed by atoms with E-state index in [2.05, 4.69) is 10.4 Å². The van der Waals surface area contributed by atoms with Gasteiger partial charge < -0.3 is 10.1 Å². The fourth-order valence-corrected chi connectivity index (χ4v) is 4.53. The number of nitrogens with zero attached hydrogens (tertiary/aromatic N) is 3. The Hall–Kier alpha value is -3.14. The zero-order valence-electron chi connectivity index (χ0n) is 15.5. The molecule has 0 radical (unpaired) electrons. The maximum atomic E-state index is 12.3. The number of carbonyl (C=O) groups excluding carboxylic acids is 2. The Bertz CT molecular complexity index is 915. The van der Waals surface area contributed by atoms with Crippen molar-refractivity contribution in [2.45, 2.75) is 32.1 Å². The predicted octanol–water partition coefficient (Wildman–Crippen LogP) is 3.05. The van der Waals surface area contributed by atoms with Gasteiger partial charge in [0.15, 0.2) is 12.4 Å². The summed E-state index contributed by atoms with van der Waals surface area (Å²) in [6, 6.07) is 11.2. The van der Waals surface area contributed by atoms with Crippen LogP contribution in [0.3, 0.4) is 0 Å². The van der Waals surface area contributed by atoms with E-state index in [-0.39, 0.29) is 24.0 Å². The molecule has 0 aliphatic heterocycles. The van der Waals surface area contributed by atoms with Crippen molar-refractivity contribution < 1.29 is 14.3 Å². The molecular formula is C21H22N4O3. The molecule has 2 aromatic rings. The highest BCUT2D eigenvalue weighted by molar-refractivity contribution is 5.93. The number of hydrogen-bond acceptors (Lipinski definition) is 5. The van der Waals surface area contributed by atoms with Crippen LogP contribution in [0.2, 0.25) is 0 Å². The van der Waals surface area contributed by atoms with Crippen molar-refractivity contribution in [3.8, 4) is 11.8 Å². The molecule has 2 fully saturated rings. The summed E-state index contributed by atoms with van der Waals surface area (Å²) in [7, 11) is 0. The largest absolute Gasteiger partial charge is 0.456 e. The summed E-state index contributed by atoms with van der Waals surface area (Å²) in [6.07, 6.45) is 6.62. The number of anilines is 1. The molecule has 2 aliphatic rings. The van der Waals surface area contributed by atoms with Gasteiger partial charge in [0.2, 0.25) is 0 Å². The van der Waals surface area contributed by atoms with Crippen molar-refractivity contribution in [1.29, 1.82) is 5.26 Å². The van der Waals surface area contributed by atoms with E-state index in [0.717, 1.165) is 12.3 Å². The van der Waals surface area contributed by atoms with Crippen LogP contribution in [-0.2, 0) is 14.3 Å². The maximum Gasteiger partial charge on any atom is 0.306 e. The topological polar surface area (TPSA) is 97.0 Å². The third-order valence-corrected chi connectivity index (χ3v) is 5.83. The summed E-state index contributed by atoms with van der Waals surface area (Å²) >= 11 is 0. The molecule has 28 heavy (non-hydrogen) atoms. The molecule has 3 atom stereocenters. The van der Waals surface area contributed by atoms with E-state index < -0.39 is 5.91 Å². The first-order valence-electron chi connectivity index (χ1n) is 9.63. The average molecular weight is 378 g/mol. The molecular weight excluding hydrogens is 356 g/mol. The van der Waals surface area contributed by atoms with Gasteiger partial charge in [-0.15, -0.1) is 0 Å². The first-order chi connectivity index (χ1) is 13.6. The van der Waals surface area contributed by atoms with E-state index in [1.807, 2.05) is 36.4 Å². The van der Waals surface area contributed by atoms with Crippen LogP contribution in [0.25, 0.3) is 5.69 Å². The Morgan fingerprint density at radius 2 is 2.07 bits per heavy atom. The van der Waals surface area contributed by atoms with E-state index in [1.165, 1.54) is 30.1 Å². The molecule has 2 bridgehead atoms. The molecule has 7 heteroatoms. The highest BCUT2D eigenvalue weighted by Crippen LogP contribution is 2.49. The van der Waals surface area contributed by atoms with Gasteiger partial charge in [-0.25, -0.2) is 4.68 Å². The predicted molar refractivity (Wildman–Crippen MR) is 101 cm³/mol. The van der Waals surface area contributed by atoms with Crippen molar-refractivity contribution in [2.24, 2.45) is 17.8 Å². The van der Waals surface area contributed by atoms with E-state index in [4.69, 9.17) is 4.74 Å². The van der Waals surface area contributed by atoms with Crippen molar-refractivity contribution in [1.82, 2.24) is 9.78 Å². The van der Waals surface area contributed by atoms with E-state index in [1.54, 1.807) is 0 Å². The molecule has 1 heterocycles. The van der Waals surface area contributed by atoms with Gasteiger partial charge in [-0.2, -0.15) is 10.4 Å². The molecule has 144 valence electrons.